The number of hydrogen-bond donors (Lipinski definition) is 22. The van der Waals surface area contributed by atoms with Gasteiger partial charge >= 0.3 is 11.9 Å². The number of guanidine groups is 4. The molecule has 0 spiro atoms. The molecule has 2 heterocycles. The second-order valence-corrected chi connectivity index (χ2v) is 25.1. The van der Waals surface area contributed by atoms with Gasteiger partial charge in [0, 0.05) is 55.0 Å². The number of aromatic amines is 1. The zero-order valence-corrected chi connectivity index (χ0v) is 53.8. The van der Waals surface area contributed by atoms with Gasteiger partial charge in [0.05, 0.1) is 37.9 Å². The van der Waals surface area contributed by atoms with E-state index in [9.17, 15) is 67.7 Å². The van der Waals surface area contributed by atoms with E-state index in [0.29, 0.717) is 5.69 Å². The summed E-state index contributed by atoms with van der Waals surface area (Å²) in [5.41, 5.74) is 51.7. The van der Waals surface area contributed by atoms with Crippen molar-refractivity contribution >= 4 is 116 Å². The number of rotatable bonds is 21. The molecule has 1 aromatic rings. The number of carboxylic acid groups (broad SMARTS) is 2. The lowest BCUT2D eigenvalue weighted by molar-refractivity contribution is -0.142. The highest BCUT2D eigenvalue weighted by Gasteiger charge is 2.37. The average molecular weight is 1350 g/mol. The molecule has 0 saturated heterocycles. The molecule has 39 nitrogen and oxygen atoms in total. The number of amides is 10. The third-order valence-electron chi connectivity index (χ3n) is 13.3. The van der Waals surface area contributed by atoms with Gasteiger partial charge in [0.1, 0.15) is 42.3 Å². The number of nitrogens with two attached hydrogens (primary N) is 9. The van der Waals surface area contributed by atoms with Crippen LogP contribution in [0.3, 0.4) is 0 Å². The van der Waals surface area contributed by atoms with Crippen molar-refractivity contribution < 1.29 is 67.7 Å². The van der Waals surface area contributed by atoms with E-state index >= 15 is 0 Å². The van der Waals surface area contributed by atoms with Crippen LogP contribution in [0.25, 0.3) is 0 Å². The lowest BCUT2D eigenvalue weighted by Gasteiger charge is -2.30. The van der Waals surface area contributed by atoms with E-state index in [1.165, 1.54) is 12.5 Å². The van der Waals surface area contributed by atoms with Gasteiger partial charge in [-0.2, -0.15) is 0 Å². The molecule has 2 rings (SSSR count). The van der Waals surface area contributed by atoms with Crippen LogP contribution in [0.5, 0.6) is 0 Å². The summed E-state index contributed by atoms with van der Waals surface area (Å²) in [5.74, 6) is -14.6. The van der Waals surface area contributed by atoms with Crippen LogP contribution in [-0.2, 0) is 64.0 Å². The molecule has 1 aromatic heterocycles. The fourth-order valence-corrected chi connectivity index (χ4v) is 11.1. The summed E-state index contributed by atoms with van der Waals surface area (Å²) in [6.45, 7) is 4.80. The molecule has 0 fully saturated rings. The van der Waals surface area contributed by atoms with E-state index in [0.717, 1.165) is 21.6 Å². The van der Waals surface area contributed by atoms with E-state index in [1.807, 2.05) is 0 Å². The minimum absolute atomic E-state index is 0.00511. The van der Waals surface area contributed by atoms with Gasteiger partial charge in [-0.25, -0.2) is 9.78 Å². The molecule has 520 valence electrons. The Bertz CT molecular complexity index is 2830. The Morgan fingerprint density at radius 3 is 1.74 bits per heavy atom. The smallest absolute Gasteiger partial charge is 0.326 e. The van der Waals surface area contributed by atoms with Crippen LogP contribution < -0.4 is 105 Å². The van der Waals surface area contributed by atoms with Gasteiger partial charge in [-0.3, -0.25) is 78.0 Å². The number of imidazole rings is 1. The number of hydrogen-bond acceptors (Lipinski definition) is 22. The number of carbonyl (C=O) groups excluding carboxylic acids is 10. The quantitative estimate of drug-likeness (QED) is 0.0235. The third-order valence-corrected chi connectivity index (χ3v) is 16.6. The van der Waals surface area contributed by atoms with Crippen molar-refractivity contribution in [3.05, 3.63) is 18.2 Å². The first-order chi connectivity index (χ1) is 43.7. The molecule has 31 N–H and O–H groups in total. The highest BCUT2D eigenvalue weighted by atomic mass is 33.1. The summed E-state index contributed by atoms with van der Waals surface area (Å²) in [7, 11) is 1.94. The summed E-state index contributed by atoms with van der Waals surface area (Å²) in [4.78, 5) is 185. The topological polar surface area (TPSA) is 678 Å². The maximum Gasteiger partial charge on any atom is 0.326 e. The minimum Gasteiger partial charge on any atom is -0.481 e. The maximum atomic E-state index is 14.5. The largest absolute Gasteiger partial charge is 0.481 e. The number of nitrogens with zero attached hydrogens (tertiary/aromatic N) is 5. The van der Waals surface area contributed by atoms with Gasteiger partial charge in [-0.05, 0) is 77.6 Å². The first-order valence-corrected chi connectivity index (χ1v) is 31.7. The van der Waals surface area contributed by atoms with Crippen LogP contribution in [-0.4, -0.2) is 219 Å². The highest BCUT2D eigenvalue weighted by Crippen LogP contribution is 2.38. The van der Waals surface area contributed by atoms with E-state index in [4.69, 9.17) is 51.6 Å². The van der Waals surface area contributed by atoms with Crippen LogP contribution in [0, 0.1) is 5.92 Å². The van der Waals surface area contributed by atoms with Crippen LogP contribution in [0.15, 0.2) is 32.5 Å². The number of nitrogens with one attached hydrogen (secondary N) is 11. The summed E-state index contributed by atoms with van der Waals surface area (Å²) < 4.78 is -1.19. The third kappa shape index (κ3) is 32.6. The van der Waals surface area contributed by atoms with Crippen molar-refractivity contribution in [3.8, 4) is 0 Å². The number of aliphatic imine (C=N–C) groups is 4. The Labute approximate surface area is 543 Å². The Kier molecular flexibility index (Phi) is 35.4. The van der Waals surface area contributed by atoms with Crippen molar-refractivity contribution in [2.45, 2.75) is 157 Å². The van der Waals surface area contributed by atoms with E-state index in [1.54, 1.807) is 27.7 Å². The van der Waals surface area contributed by atoms with E-state index < -0.39 is 150 Å². The van der Waals surface area contributed by atoms with Gasteiger partial charge in [0.2, 0.25) is 59.1 Å². The molecule has 41 heteroatoms. The zero-order valence-electron chi connectivity index (χ0n) is 52.2. The molecule has 0 aliphatic carbocycles. The molecule has 0 bridgehead atoms. The fraction of sp³-hybridized carbons (Fsp3) is 0.635. The normalized spacial score (nSPS) is 23.1. The summed E-state index contributed by atoms with van der Waals surface area (Å²) in [5, 5.41) is 44.4. The predicted octanol–water partition coefficient (Wildman–Crippen LogP) is -8.62. The molecule has 1 aliphatic rings. The molecule has 0 saturated carbocycles. The fourth-order valence-electron chi connectivity index (χ4n) is 8.35. The second-order valence-electron chi connectivity index (χ2n) is 22.1. The molecular formula is C52H91N25O14S2. The van der Waals surface area contributed by atoms with Gasteiger partial charge in [0.15, 0.2) is 23.8 Å². The Hall–Kier alpha value is -9.25. The number of carbonyl (C=O) groups is 12. The number of aliphatic carboxylic acids is 2. The van der Waals surface area contributed by atoms with Crippen molar-refractivity contribution in [1.82, 2.24) is 63.1 Å². The standard InChI is InChI=1S/C52H91N25O14S2/c1-25(2)17-31-42(85)73-29(11-7-14-64-49(57)58)41(84)76-34(45(88)74-30(47(90)91)12-8-15-65-50(59)60)23-92-93-52(3,4)38(54)46(89)77-51(61)66-16-5-9-27(53)39(82)67-21-35(78)70-32(18-26-20-62-24-69-26)43(86)72-28(10-6-13-63-48(55)56)40(83)68-22-36(79)71-33(19-37(80)81)44(87)75-31/h20,24-25,27-34,38H,5-19,21-23,53-54H2,1-4H3,(H,62,69)(H,67,82)(H,68,83)(H,70,78)(H,71,79)(H,72,86)(H,73,85)(H,74,88)(H,75,87)(H,76,84)(H,80,81)(H,90,91)(H4,55,56,63)(H4,57,58,64)(H4,59,60,65)(H3,61,66,77,89)/t27-,28-,29-,30+,31+,32+,33-,34+,38+/m1/s1. The molecular weight excluding hydrogens is 1260 g/mol. The molecule has 1 aliphatic heterocycles. The minimum atomic E-state index is -1.91. The van der Waals surface area contributed by atoms with Crippen molar-refractivity contribution in [2.24, 2.45) is 77.5 Å². The number of aromatic nitrogens is 2. The summed E-state index contributed by atoms with van der Waals surface area (Å²) in [6.07, 6.45) is 1.05. The van der Waals surface area contributed by atoms with Gasteiger partial charge in [0.25, 0.3) is 0 Å². The summed E-state index contributed by atoms with van der Waals surface area (Å²) in [6, 6.07) is -13.5. The maximum absolute atomic E-state index is 14.5. The number of carboxylic acids is 2. The van der Waals surface area contributed by atoms with Crippen molar-refractivity contribution in [3.63, 3.8) is 0 Å². The lowest BCUT2D eigenvalue weighted by Crippen LogP contribution is -2.60. The Morgan fingerprint density at radius 2 is 1.20 bits per heavy atom. The first kappa shape index (κ1) is 79.8. The average Bonchev–Trinajstić information content (AvgIpc) is 2.74. The molecule has 0 unspecified atom stereocenters. The van der Waals surface area contributed by atoms with E-state index in [2.05, 4.69) is 83.1 Å². The molecule has 9 atom stereocenters. The monoisotopic (exact) mass is 1350 g/mol. The molecule has 0 aromatic carbocycles. The van der Waals surface area contributed by atoms with Crippen LogP contribution >= 0.6 is 21.6 Å². The van der Waals surface area contributed by atoms with Gasteiger partial charge in [-0.1, -0.05) is 35.4 Å². The van der Waals surface area contributed by atoms with E-state index in [-0.39, 0.29) is 126 Å². The first-order valence-electron chi connectivity index (χ1n) is 29.4. The van der Waals surface area contributed by atoms with Crippen LogP contribution in [0.2, 0.25) is 0 Å². The SMILES string of the molecule is CC(C)C[C@@H]1NC(=O)[C@@H](CC(=O)O)NC(=O)CNC(=O)[C@@H](CCCN=C(N)N)NC(=O)[C@H](Cc2cnc[nH]2)NC(=O)CNC(=O)[C@H](N)CCCN=C(N)NC(=O)[C@H](N)C(C)(C)SSC[C@@H](C(=O)N[C@@H](CCCN=C(N)N)C(=O)O)NC(=O)[C@@H](CCCN=C(N)N)NC1=O. The van der Waals surface area contributed by atoms with Crippen molar-refractivity contribution in [2.75, 3.05) is 45.0 Å². The molecule has 10 amide bonds. The lowest BCUT2D eigenvalue weighted by atomic mass is 10.0. The van der Waals surface area contributed by atoms with Crippen molar-refractivity contribution in [1.29, 1.82) is 0 Å². The highest BCUT2D eigenvalue weighted by molar-refractivity contribution is 8.77. The van der Waals surface area contributed by atoms with Gasteiger partial charge < -0.3 is 115 Å². The molecule has 93 heavy (non-hydrogen) atoms. The number of H-pyrrole nitrogens is 1. The summed E-state index contributed by atoms with van der Waals surface area (Å²) >= 11 is 0. The van der Waals surface area contributed by atoms with Gasteiger partial charge in [-0.15, -0.1) is 0 Å². The Balaban J connectivity index is 2.72. The zero-order chi connectivity index (χ0) is 70.0. The second kappa shape index (κ2) is 41.3. The Morgan fingerprint density at radius 1 is 0.688 bits per heavy atom. The van der Waals surface area contributed by atoms with Crippen LogP contribution in [0.4, 0.5) is 0 Å². The predicted molar refractivity (Wildman–Crippen MR) is 345 cm³/mol. The molecule has 0 radical (unpaired) electrons. The van der Waals surface area contributed by atoms with Crippen LogP contribution in [0.1, 0.15) is 97.6 Å².